The zero-order valence-electron chi connectivity index (χ0n) is 15.6. The molecule has 0 aliphatic carbocycles. The summed E-state index contributed by atoms with van der Waals surface area (Å²) >= 11 is 0. The Morgan fingerprint density at radius 3 is 2.05 bits per heavy atom. The van der Waals surface area contributed by atoms with Gasteiger partial charge >= 0.3 is 0 Å². The normalized spacial score (nSPS) is 25.4. The van der Waals surface area contributed by atoms with Crippen molar-refractivity contribution >= 4 is 0 Å². The Hall–Kier alpha value is -2.02. The molecular weight excluding hydrogens is 254 g/mol. The lowest BCUT2D eigenvalue weighted by Gasteiger charge is -2.33. The first-order valence-corrected chi connectivity index (χ1v) is 7.42. The Balaban J connectivity index is 2.30. The van der Waals surface area contributed by atoms with Crippen LogP contribution in [0.1, 0.15) is 35.4 Å². The molecule has 1 saturated heterocycles. The van der Waals surface area contributed by atoms with E-state index in [2.05, 4.69) is 36.1 Å². The van der Waals surface area contributed by atoms with Crippen LogP contribution in [0, 0.1) is 0 Å². The van der Waals surface area contributed by atoms with E-state index >= 15 is 0 Å². The van der Waals surface area contributed by atoms with E-state index in [1.54, 1.807) is 0 Å². The molecule has 1 fully saturated rings. The molecule has 108 valence electrons. The van der Waals surface area contributed by atoms with Gasteiger partial charge in [-0.15, -0.1) is 0 Å². The number of allylic oxidation sites excluding steroid dienone is 2. The van der Waals surface area contributed by atoms with Gasteiger partial charge in [-0.1, -0.05) is 66.7 Å². The standard InChI is InChI=1S/C20H23N/c1-4-19-20(15-16(2)21(19)3,17-11-7-5-8-12-17)18-13-9-6-10-14-18/h4-14,16H,15H2,1-3H3/i1D3. The van der Waals surface area contributed by atoms with Crippen LogP contribution in [0.2, 0.25) is 0 Å². The number of likely N-dealkylation sites (tertiary alicyclic amines) is 1. The number of hydrogen-bond acceptors (Lipinski definition) is 1. The molecule has 1 nitrogen and oxygen atoms in total. The lowest BCUT2D eigenvalue weighted by atomic mass is 9.71. The van der Waals surface area contributed by atoms with Crippen molar-refractivity contribution in [2.75, 3.05) is 7.05 Å². The van der Waals surface area contributed by atoms with Crippen molar-refractivity contribution in [3.05, 3.63) is 83.6 Å². The van der Waals surface area contributed by atoms with Gasteiger partial charge in [-0.25, -0.2) is 0 Å². The minimum absolute atomic E-state index is 0.263. The van der Waals surface area contributed by atoms with Crippen molar-refractivity contribution in [3.63, 3.8) is 0 Å². The SMILES string of the molecule is [2H]C([2H])([2H])C=C1N(C)C(C)CC1(c1ccccc1)c1ccccc1. The van der Waals surface area contributed by atoms with Gasteiger partial charge in [-0.2, -0.15) is 0 Å². The van der Waals surface area contributed by atoms with Crippen LogP contribution < -0.4 is 0 Å². The predicted octanol–water partition coefficient (Wildman–Crippen LogP) is 4.60. The lowest BCUT2D eigenvalue weighted by molar-refractivity contribution is 0.375. The van der Waals surface area contributed by atoms with E-state index in [4.69, 9.17) is 4.11 Å². The monoisotopic (exact) mass is 280 g/mol. The Labute approximate surface area is 132 Å². The molecule has 1 heteroatoms. The molecular formula is C20H23N. The van der Waals surface area contributed by atoms with Crippen molar-refractivity contribution in [2.24, 2.45) is 0 Å². The summed E-state index contributed by atoms with van der Waals surface area (Å²) in [6.07, 6.45) is 2.33. The van der Waals surface area contributed by atoms with E-state index < -0.39 is 12.3 Å². The van der Waals surface area contributed by atoms with Gasteiger partial charge in [0, 0.05) is 22.9 Å². The summed E-state index contributed by atoms with van der Waals surface area (Å²) in [5.74, 6) is 0. The second-order valence-corrected chi connectivity index (χ2v) is 5.83. The Morgan fingerprint density at radius 2 is 1.57 bits per heavy atom. The van der Waals surface area contributed by atoms with E-state index in [9.17, 15) is 0 Å². The van der Waals surface area contributed by atoms with Crippen LogP contribution in [0.3, 0.4) is 0 Å². The molecule has 0 saturated carbocycles. The van der Waals surface area contributed by atoms with Crippen LogP contribution in [0.4, 0.5) is 0 Å². The van der Waals surface area contributed by atoms with Gasteiger partial charge in [-0.05, 0) is 31.3 Å². The number of benzene rings is 2. The summed E-state index contributed by atoms with van der Waals surface area (Å²) in [5.41, 5.74) is 2.73. The molecule has 0 aromatic heterocycles. The molecule has 1 aliphatic rings. The summed E-state index contributed by atoms with van der Waals surface area (Å²) in [5, 5.41) is 0. The lowest BCUT2D eigenvalue weighted by Crippen LogP contribution is -2.29. The van der Waals surface area contributed by atoms with E-state index in [1.165, 1.54) is 6.08 Å². The highest BCUT2D eigenvalue weighted by molar-refractivity contribution is 5.50. The molecule has 3 rings (SSSR count). The third kappa shape index (κ3) is 2.08. The average molecular weight is 280 g/mol. The van der Waals surface area contributed by atoms with Crippen molar-refractivity contribution in [3.8, 4) is 0 Å². The van der Waals surface area contributed by atoms with Crippen LogP contribution in [0.15, 0.2) is 72.4 Å². The van der Waals surface area contributed by atoms with E-state index in [0.29, 0.717) is 0 Å². The highest BCUT2D eigenvalue weighted by Crippen LogP contribution is 2.49. The van der Waals surface area contributed by atoms with Crippen LogP contribution in [-0.2, 0) is 5.41 Å². The van der Waals surface area contributed by atoms with Gasteiger partial charge in [0.05, 0.1) is 5.41 Å². The van der Waals surface area contributed by atoms with Gasteiger partial charge in [0.15, 0.2) is 0 Å². The van der Waals surface area contributed by atoms with Gasteiger partial charge in [0.1, 0.15) is 0 Å². The molecule has 1 heterocycles. The highest BCUT2D eigenvalue weighted by atomic mass is 15.2. The summed E-state index contributed by atoms with van der Waals surface area (Å²) in [4.78, 5) is 2.12. The second kappa shape index (κ2) is 5.40. The third-order valence-corrected chi connectivity index (χ3v) is 4.75. The average Bonchev–Trinajstić information content (AvgIpc) is 2.81. The third-order valence-electron chi connectivity index (χ3n) is 4.75. The maximum Gasteiger partial charge on any atom is 0.0616 e. The number of rotatable bonds is 2. The van der Waals surface area contributed by atoms with Crippen LogP contribution in [0.5, 0.6) is 0 Å². The Morgan fingerprint density at radius 1 is 1.05 bits per heavy atom. The molecule has 1 unspecified atom stereocenters. The second-order valence-electron chi connectivity index (χ2n) is 5.83. The van der Waals surface area contributed by atoms with Crippen molar-refractivity contribution < 1.29 is 4.11 Å². The fourth-order valence-electron chi connectivity index (χ4n) is 3.59. The van der Waals surface area contributed by atoms with Crippen LogP contribution in [0.25, 0.3) is 0 Å². The largest absolute Gasteiger partial charge is 0.374 e. The molecule has 1 aliphatic heterocycles. The zero-order chi connectivity index (χ0) is 17.4. The molecule has 0 radical (unpaired) electrons. The summed E-state index contributed by atoms with van der Waals surface area (Å²) in [7, 11) is 2.00. The molecule has 0 N–H and O–H groups in total. The number of nitrogens with zero attached hydrogens (tertiary/aromatic N) is 1. The molecule has 0 amide bonds. The van der Waals surface area contributed by atoms with Crippen LogP contribution >= 0.6 is 0 Å². The maximum absolute atomic E-state index is 7.78. The van der Waals surface area contributed by atoms with Crippen molar-refractivity contribution in [2.45, 2.75) is 31.7 Å². The van der Waals surface area contributed by atoms with Gasteiger partial charge in [0.2, 0.25) is 0 Å². The van der Waals surface area contributed by atoms with Gasteiger partial charge in [0.25, 0.3) is 0 Å². The fourth-order valence-corrected chi connectivity index (χ4v) is 3.59. The maximum atomic E-state index is 7.78. The predicted molar refractivity (Wildman–Crippen MR) is 89.3 cm³/mol. The minimum Gasteiger partial charge on any atom is -0.374 e. The van der Waals surface area contributed by atoms with E-state index in [-0.39, 0.29) is 6.04 Å². The Bertz CT molecular complexity index is 680. The first-order valence-electron chi connectivity index (χ1n) is 8.92. The molecule has 0 spiro atoms. The zero-order valence-corrected chi connectivity index (χ0v) is 12.6. The molecule has 2 aromatic carbocycles. The molecule has 0 bridgehead atoms. The van der Waals surface area contributed by atoms with E-state index in [0.717, 1.165) is 23.2 Å². The summed E-state index contributed by atoms with van der Waals surface area (Å²) in [6, 6.07) is 20.8. The summed E-state index contributed by atoms with van der Waals surface area (Å²) < 4.78 is 23.4. The first-order chi connectivity index (χ1) is 11.3. The molecule has 21 heavy (non-hydrogen) atoms. The summed E-state index contributed by atoms with van der Waals surface area (Å²) in [6.45, 7) is 0.0451. The van der Waals surface area contributed by atoms with E-state index in [1.807, 2.05) is 43.4 Å². The first kappa shape index (κ1) is 10.7. The number of likely N-dealkylation sites (N-methyl/N-ethyl adjacent to an activating group) is 1. The van der Waals surface area contributed by atoms with Gasteiger partial charge < -0.3 is 4.90 Å². The van der Waals surface area contributed by atoms with Crippen molar-refractivity contribution in [1.29, 1.82) is 0 Å². The molecule has 1 atom stereocenters. The fraction of sp³-hybridized carbons (Fsp3) is 0.300. The highest BCUT2D eigenvalue weighted by Gasteiger charge is 2.47. The Kier molecular flexibility index (Phi) is 2.74. The van der Waals surface area contributed by atoms with Crippen molar-refractivity contribution in [1.82, 2.24) is 4.90 Å². The minimum atomic E-state index is -2.11. The van der Waals surface area contributed by atoms with Crippen LogP contribution in [-0.4, -0.2) is 18.0 Å². The smallest absolute Gasteiger partial charge is 0.0616 e. The number of hydrogen-bond donors (Lipinski definition) is 0. The topological polar surface area (TPSA) is 3.24 Å². The van der Waals surface area contributed by atoms with Gasteiger partial charge in [-0.3, -0.25) is 0 Å². The molecule has 2 aromatic rings. The quantitative estimate of drug-likeness (QED) is 0.777.